The van der Waals surface area contributed by atoms with Gasteiger partial charge in [-0.2, -0.15) is 0 Å². The highest BCUT2D eigenvalue weighted by Gasteiger charge is 2.14. The summed E-state index contributed by atoms with van der Waals surface area (Å²) in [5, 5.41) is 0. The zero-order valence-corrected chi connectivity index (χ0v) is 11.2. The van der Waals surface area contributed by atoms with Gasteiger partial charge in [-0.25, -0.2) is 9.97 Å². The number of halogens is 1. The SMILES string of the molecule is Cc1nc(-c2cccc(Br)c2)nc(N)c1C(N)=O. The molecule has 0 radical (unpaired) electrons. The van der Waals surface area contributed by atoms with Crippen molar-refractivity contribution in [2.45, 2.75) is 6.92 Å². The van der Waals surface area contributed by atoms with E-state index in [1.165, 1.54) is 0 Å². The maximum atomic E-state index is 11.2. The molecule has 2 rings (SSSR count). The molecule has 92 valence electrons. The van der Waals surface area contributed by atoms with E-state index in [-0.39, 0.29) is 11.4 Å². The van der Waals surface area contributed by atoms with Crippen LogP contribution in [0.2, 0.25) is 0 Å². The number of nitrogens with zero attached hydrogens (tertiary/aromatic N) is 2. The summed E-state index contributed by atoms with van der Waals surface area (Å²) in [5.74, 6) is -0.0490. The number of hydrogen-bond acceptors (Lipinski definition) is 4. The molecule has 0 aliphatic heterocycles. The van der Waals surface area contributed by atoms with Gasteiger partial charge < -0.3 is 11.5 Å². The van der Waals surface area contributed by atoms with E-state index in [0.29, 0.717) is 11.5 Å². The molecule has 18 heavy (non-hydrogen) atoms. The normalized spacial score (nSPS) is 10.3. The molecule has 0 saturated carbocycles. The lowest BCUT2D eigenvalue weighted by Crippen LogP contribution is -2.17. The van der Waals surface area contributed by atoms with Gasteiger partial charge in [0.1, 0.15) is 11.4 Å². The highest BCUT2D eigenvalue weighted by Crippen LogP contribution is 2.22. The van der Waals surface area contributed by atoms with E-state index in [1.807, 2.05) is 24.3 Å². The highest BCUT2D eigenvalue weighted by atomic mass is 79.9. The predicted octanol–water partition coefficient (Wildman–Crippen LogP) is 1.90. The quantitative estimate of drug-likeness (QED) is 0.885. The number of aryl methyl sites for hydroxylation is 1. The molecule has 2 aromatic rings. The summed E-state index contributed by atoms with van der Waals surface area (Å²) >= 11 is 3.37. The van der Waals surface area contributed by atoms with Gasteiger partial charge in [-0.1, -0.05) is 28.1 Å². The second kappa shape index (κ2) is 4.73. The Labute approximate surface area is 112 Å². The number of nitrogens with two attached hydrogens (primary N) is 2. The van der Waals surface area contributed by atoms with Crippen LogP contribution >= 0.6 is 15.9 Å². The molecular formula is C12H11BrN4O. The summed E-state index contributed by atoms with van der Waals surface area (Å²) in [4.78, 5) is 19.6. The first kappa shape index (κ1) is 12.5. The van der Waals surface area contributed by atoms with Crippen LogP contribution in [0.5, 0.6) is 0 Å². The van der Waals surface area contributed by atoms with E-state index in [4.69, 9.17) is 11.5 Å². The summed E-state index contributed by atoms with van der Waals surface area (Å²) in [6, 6.07) is 7.51. The Morgan fingerprint density at radius 3 is 2.61 bits per heavy atom. The summed E-state index contributed by atoms with van der Waals surface area (Å²) in [5.41, 5.74) is 12.4. The number of primary amides is 1. The predicted molar refractivity (Wildman–Crippen MR) is 72.8 cm³/mol. The van der Waals surface area contributed by atoms with Crippen LogP contribution in [-0.4, -0.2) is 15.9 Å². The average Bonchev–Trinajstić information content (AvgIpc) is 2.27. The molecule has 0 atom stereocenters. The lowest BCUT2D eigenvalue weighted by molar-refractivity contribution is 0.1000. The molecule has 1 amide bonds. The molecule has 6 heteroatoms. The van der Waals surface area contributed by atoms with Crippen molar-refractivity contribution in [1.82, 2.24) is 9.97 Å². The third-order valence-corrected chi connectivity index (χ3v) is 2.94. The summed E-state index contributed by atoms with van der Waals surface area (Å²) in [7, 11) is 0. The average molecular weight is 307 g/mol. The summed E-state index contributed by atoms with van der Waals surface area (Å²) in [6.45, 7) is 1.68. The minimum absolute atomic E-state index is 0.102. The molecule has 0 unspecified atom stereocenters. The van der Waals surface area contributed by atoms with E-state index < -0.39 is 5.91 Å². The van der Waals surface area contributed by atoms with Gasteiger partial charge in [0.05, 0.1) is 5.69 Å². The summed E-state index contributed by atoms with van der Waals surface area (Å²) in [6.07, 6.45) is 0. The number of benzene rings is 1. The molecule has 5 nitrogen and oxygen atoms in total. The van der Waals surface area contributed by atoms with Crippen LogP contribution in [0.1, 0.15) is 16.1 Å². The Hall–Kier alpha value is -1.95. The maximum Gasteiger partial charge on any atom is 0.254 e. The van der Waals surface area contributed by atoms with E-state index in [9.17, 15) is 4.79 Å². The fourth-order valence-electron chi connectivity index (χ4n) is 1.66. The number of nitrogen functional groups attached to an aromatic ring is 1. The lowest BCUT2D eigenvalue weighted by atomic mass is 10.1. The highest BCUT2D eigenvalue weighted by molar-refractivity contribution is 9.10. The Bertz CT molecular complexity index is 604. The third kappa shape index (κ3) is 2.33. The molecule has 0 bridgehead atoms. The Morgan fingerprint density at radius 2 is 2.06 bits per heavy atom. The molecule has 1 aromatic heterocycles. The Morgan fingerprint density at radius 1 is 1.33 bits per heavy atom. The minimum atomic E-state index is -0.620. The summed E-state index contributed by atoms with van der Waals surface area (Å²) < 4.78 is 0.916. The Kier molecular flexibility index (Phi) is 3.29. The van der Waals surface area contributed by atoms with Crippen LogP contribution in [0.4, 0.5) is 5.82 Å². The third-order valence-electron chi connectivity index (χ3n) is 2.45. The first-order valence-corrected chi connectivity index (χ1v) is 5.98. The maximum absolute atomic E-state index is 11.2. The number of aromatic nitrogens is 2. The van der Waals surface area contributed by atoms with E-state index in [2.05, 4.69) is 25.9 Å². The van der Waals surface area contributed by atoms with Gasteiger partial charge in [0.2, 0.25) is 0 Å². The Balaban J connectivity index is 2.58. The van der Waals surface area contributed by atoms with Gasteiger partial charge in [0.25, 0.3) is 5.91 Å². The first-order chi connectivity index (χ1) is 8.49. The van der Waals surface area contributed by atoms with Gasteiger partial charge in [-0.15, -0.1) is 0 Å². The molecule has 4 N–H and O–H groups in total. The zero-order chi connectivity index (χ0) is 13.3. The van der Waals surface area contributed by atoms with Crippen LogP contribution in [0, 0.1) is 6.92 Å². The molecule has 0 fully saturated rings. The van der Waals surface area contributed by atoms with Gasteiger partial charge in [-0.05, 0) is 19.1 Å². The largest absolute Gasteiger partial charge is 0.383 e. The van der Waals surface area contributed by atoms with Crippen LogP contribution < -0.4 is 11.5 Å². The van der Waals surface area contributed by atoms with Crippen molar-refractivity contribution in [3.63, 3.8) is 0 Å². The molecule has 1 aromatic carbocycles. The molecular weight excluding hydrogens is 296 g/mol. The van der Waals surface area contributed by atoms with E-state index >= 15 is 0 Å². The van der Waals surface area contributed by atoms with Gasteiger partial charge in [0, 0.05) is 10.0 Å². The molecule has 0 spiro atoms. The number of carbonyl (C=O) groups is 1. The topological polar surface area (TPSA) is 94.9 Å². The van der Waals surface area contributed by atoms with Gasteiger partial charge in [0.15, 0.2) is 5.82 Å². The lowest BCUT2D eigenvalue weighted by Gasteiger charge is -2.08. The number of rotatable bonds is 2. The first-order valence-electron chi connectivity index (χ1n) is 5.19. The van der Waals surface area contributed by atoms with Crippen molar-refractivity contribution in [3.8, 4) is 11.4 Å². The van der Waals surface area contributed by atoms with Crippen LogP contribution in [-0.2, 0) is 0 Å². The van der Waals surface area contributed by atoms with Crippen molar-refractivity contribution in [2.24, 2.45) is 5.73 Å². The van der Waals surface area contributed by atoms with Crippen molar-refractivity contribution in [3.05, 3.63) is 40.0 Å². The fourth-order valence-corrected chi connectivity index (χ4v) is 2.06. The second-order valence-electron chi connectivity index (χ2n) is 3.77. The van der Waals surface area contributed by atoms with Gasteiger partial charge in [-0.3, -0.25) is 4.79 Å². The van der Waals surface area contributed by atoms with Crippen LogP contribution in [0.3, 0.4) is 0 Å². The number of carbonyl (C=O) groups excluding carboxylic acids is 1. The molecule has 0 saturated heterocycles. The van der Waals surface area contributed by atoms with E-state index in [1.54, 1.807) is 6.92 Å². The second-order valence-corrected chi connectivity index (χ2v) is 4.68. The minimum Gasteiger partial charge on any atom is -0.383 e. The van der Waals surface area contributed by atoms with Crippen LogP contribution in [0.15, 0.2) is 28.7 Å². The van der Waals surface area contributed by atoms with Gasteiger partial charge >= 0.3 is 0 Å². The number of amides is 1. The molecule has 1 heterocycles. The van der Waals surface area contributed by atoms with Crippen molar-refractivity contribution in [2.75, 3.05) is 5.73 Å². The van der Waals surface area contributed by atoms with Crippen molar-refractivity contribution >= 4 is 27.7 Å². The van der Waals surface area contributed by atoms with Crippen molar-refractivity contribution in [1.29, 1.82) is 0 Å². The standard InChI is InChI=1S/C12H11BrN4O/c1-6-9(11(15)18)10(14)17-12(16-6)7-3-2-4-8(13)5-7/h2-5H,1H3,(H2,15,18)(H2,14,16,17). The molecule has 0 aliphatic rings. The smallest absolute Gasteiger partial charge is 0.254 e. The number of anilines is 1. The van der Waals surface area contributed by atoms with E-state index in [0.717, 1.165) is 10.0 Å². The van der Waals surface area contributed by atoms with Crippen LogP contribution in [0.25, 0.3) is 11.4 Å². The van der Waals surface area contributed by atoms with Crippen molar-refractivity contribution < 1.29 is 4.79 Å². The number of hydrogen-bond donors (Lipinski definition) is 2. The monoisotopic (exact) mass is 306 g/mol. The molecule has 0 aliphatic carbocycles. The fraction of sp³-hybridized carbons (Fsp3) is 0.0833. The zero-order valence-electron chi connectivity index (χ0n) is 9.64.